The molecule has 3 rings (SSSR count). The highest BCUT2D eigenvalue weighted by atomic mass is 32.2. The molecule has 2 aromatic carbocycles. The minimum absolute atomic E-state index is 0.0235. The van der Waals surface area contributed by atoms with Crippen molar-refractivity contribution in [2.24, 2.45) is 21.1 Å². The second kappa shape index (κ2) is 18.0. The van der Waals surface area contributed by atoms with Crippen LogP contribution in [-0.2, 0) is 20.9 Å². The molecule has 0 aliphatic carbocycles. The first-order valence-electron chi connectivity index (χ1n) is 18.0. The fraction of sp³-hybridized carbons (Fsp3) is 0.561. The minimum atomic E-state index is -1.02. The molecular weight excluding hydrogens is 655 g/mol. The molecule has 1 aliphatic rings. The van der Waals surface area contributed by atoms with E-state index in [0.29, 0.717) is 44.9 Å². The Bertz CT molecular complexity index is 1590. The number of para-hydroxylation sites is 1. The molecule has 1 amide bonds. The maximum absolute atomic E-state index is 13.3. The third-order valence-corrected chi connectivity index (χ3v) is 10.3. The van der Waals surface area contributed by atoms with E-state index in [0.717, 1.165) is 51.5 Å². The predicted octanol–water partition coefficient (Wildman–Crippen LogP) is 9.13. The number of hydrogen-bond donors (Lipinski definition) is 2. The fourth-order valence-corrected chi connectivity index (χ4v) is 6.33. The summed E-state index contributed by atoms with van der Waals surface area (Å²) in [6, 6.07) is 16.5. The average molecular weight is 716 g/mol. The molecule has 0 saturated carbocycles. The van der Waals surface area contributed by atoms with Gasteiger partial charge in [0.15, 0.2) is 6.56 Å². The van der Waals surface area contributed by atoms with Gasteiger partial charge in [-0.25, -0.2) is 11.6 Å². The van der Waals surface area contributed by atoms with E-state index < -0.39 is 5.60 Å². The molecular formula is C41H60BN4O4S. The Morgan fingerprint density at radius 2 is 1.63 bits per heavy atom. The number of amides is 1. The number of Topliss-reactive ketones (excluding diaryl/α,β-unsaturated/α-hetero) is 1. The molecule has 8 nitrogen and oxygen atoms in total. The summed E-state index contributed by atoms with van der Waals surface area (Å²) in [5.74, 6) is 0.985. The van der Waals surface area contributed by atoms with Gasteiger partial charge < -0.3 is 20.1 Å². The molecule has 277 valence electrons. The van der Waals surface area contributed by atoms with Gasteiger partial charge in [-0.3, -0.25) is 9.59 Å². The van der Waals surface area contributed by atoms with Crippen LogP contribution >= 0.6 is 11.6 Å². The van der Waals surface area contributed by atoms with Gasteiger partial charge in [0.2, 0.25) is 0 Å². The summed E-state index contributed by atoms with van der Waals surface area (Å²) in [7, 11) is 0. The lowest BCUT2D eigenvalue weighted by atomic mass is 9.72. The van der Waals surface area contributed by atoms with Crippen LogP contribution < -0.4 is 10.2 Å². The molecule has 10 heteroatoms. The van der Waals surface area contributed by atoms with E-state index in [9.17, 15) is 14.7 Å². The van der Waals surface area contributed by atoms with E-state index in [-0.39, 0.29) is 28.7 Å². The van der Waals surface area contributed by atoms with Crippen LogP contribution in [-0.4, -0.2) is 61.0 Å². The van der Waals surface area contributed by atoms with Gasteiger partial charge in [-0.15, -0.1) is 0 Å². The highest BCUT2D eigenvalue weighted by Gasteiger charge is 2.32. The van der Waals surface area contributed by atoms with E-state index in [2.05, 4.69) is 73.5 Å². The van der Waals surface area contributed by atoms with E-state index in [1.54, 1.807) is 25.5 Å². The summed E-state index contributed by atoms with van der Waals surface area (Å²) < 4.78 is 6.19. The number of ether oxygens (including phenoxy) is 1. The number of fused-ring (bicyclic) bond motifs is 2. The molecule has 1 aliphatic heterocycles. The van der Waals surface area contributed by atoms with Crippen molar-refractivity contribution in [3.05, 3.63) is 77.5 Å². The second-order valence-corrected chi connectivity index (χ2v) is 17.6. The molecule has 0 atom stereocenters. The number of benzene rings is 2. The van der Waals surface area contributed by atoms with Crippen molar-refractivity contribution in [1.82, 2.24) is 5.32 Å². The summed E-state index contributed by atoms with van der Waals surface area (Å²) in [5, 5.41) is 21.9. The molecule has 51 heavy (non-hydrogen) atoms. The number of rotatable bonds is 18. The lowest BCUT2D eigenvalue weighted by Gasteiger charge is -2.33. The van der Waals surface area contributed by atoms with Gasteiger partial charge in [-0.1, -0.05) is 97.5 Å². The Balaban J connectivity index is 1.65. The van der Waals surface area contributed by atoms with Gasteiger partial charge in [-0.2, -0.15) is 10.2 Å². The van der Waals surface area contributed by atoms with Crippen molar-refractivity contribution in [2.45, 2.75) is 106 Å². The van der Waals surface area contributed by atoms with E-state index >= 15 is 0 Å². The van der Waals surface area contributed by atoms with Crippen LogP contribution in [0.3, 0.4) is 0 Å². The zero-order valence-electron chi connectivity index (χ0n) is 32.7. The number of nitrogens with one attached hydrogen (secondary N) is 1. The Morgan fingerprint density at radius 3 is 2.29 bits per heavy atom. The smallest absolute Gasteiger partial charge is 0.251 e. The standard InChI is InChI=1S/C41H60BN4O4S/c1-29(22-23-43-37(49)41(10,11)50-28-40(8,9)42-51-24-16-21-35(48)38(3,4)5)46-25-31-17-12-13-18-32(31)30(2)36(33-19-14-15-20-34(33)46)45-44-26-39(6,7)27-47/h12-15,17-20,47H,1,16,21-28H2,2-11H3,(H,43,49)/b36-30+,45-44?. The number of azo groups is 1. The van der Waals surface area contributed by atoms with Crippen LogP contribution in [0.5, 0.6) is 0 Å². The van der Waals surface area contributed by atoms with E-state index in [4.69, 9.17) is 9.85 Å². The summed E-state index contributed by atoms with van der Waals surface area (Å²) >= 11 is 1.71. The van der Waals surface area contributed by atoms with Crippen LogP contribution in [0.25, 0.3) is 11.3 Å². The monoisotopic (exact) mass is 715 g/mol. The van der Waals surface area contributed by atoms with Gasteiger partial charge in [0.1, 0.15) is 11.4 Å². The average Bonchev–Trinajstić information content (AvgIpc) is 3.07. The molecule has 0 bridgehead atoms. The van der Waals surface area contributed by atoms with Crippen LogP contribution in [0, 0.1) is 10.8 Å². The molecule has 0 saturated heterocycles. The zero-order valence-corrected chi connectivity index (χ0v) is 33.5. The van der Waals surface area contributed by atoms with Gasteiger partial charge in [-0.05, 0) is 61.0 Å². The van der Waals surface area contributed by atoms with Gasteiger partial charge in [0.05, 0.1) is 24.5 Å². The highest BCUT2D eigenvalue weighted by Crippen LogP contribution is 2.40. The Morgan fingerprint density at radius 1 is 0.980 bits per heavy atom. The third kappa shape index (κ3) is 12.5. The molecule has 2 aromatic rings. The maximum atomic E-state index is 13.3. The van der Waals surface area contributed by atoms with Gasteiger partial charge >= 0.3 is 0 Å². The summed E-state index contributed by atoms with van der Waals surface area (Å²) in [6.45, 7) is 28.2. The van der Waals surface area contributed by atoms with Crippen molar-refractivity contribution in [3.63, 3.8) is 0 Å². The number of nitrogens with zero attached hydrogens (tertiary/aromatic N) is 3. The van der Waals surface area contributed by atoms with Gasteiger partial charge in [0.25, 0.3) is 5.91 Å². The number of carbonyl (C=O) groups is 2. The van der Waals surface area contributed by atoms with Gasteiger partial charge in [0, 0.05) is 54.6 Å². The number of hydrogen-bond acceptors (Lipinski definition) is 8. The molecule has 0 spiro atoms. The second-order valence-electron chi connectivity index (χ2n) is 16.6. The number of aliphatic hydroxyl groups is 1. The number of aliphatic hydroxyl groups excluding tert-OH is 1. The largest absolute Gasteiger partial charge is 0.396 e. The molecule has 0 unspecified atom stereocenters. The SMILES string of the molecule is C=C(CCNC(=O)C(C)(C)OCC(C)(C)[B]SCCCC(=O)C(C)(C)C)N1Cc2ccccc2/C(C)=C(/N=NCC(C)(C)CO)c2ccccc21. The van der Waals surface area contributed by atoms with Crippen molar-refractivity contribution in [3.8, 4) is 0 Å². The molecule has 0 aromatic heterocycles. The van der Waals surface area contributed by atoms with E-state index in [1.807, 2.05) is 58.9 Å². The minimum Gasteiger partial charge on any atom is -0.396 e. The number of ketones is 1. The quantitative estimate of drug-likeness (QED) is 0.0907. The lowest BCUT2D eigenvalue weighted by molar-refractivity contribution is -0.143. The van der Waals surface area contributed by atoms with Crippen LogP contribution in [0.4, 0.5) is 5.69 Å². The Labute approximate surface area is 312 Å². The predicted molar refractivity (Wildman–Crippen MR) is 215 cm³/mol. The molecule has 1 heterocycles. The van der Waals surface area contributed by atoms with Crippen molar-refractivity contribution >= 4 is 46.8 Å². The first-order valence-corrected chi connectivity index (χ1v) is 19.1. The highest BCUT2D eigenvalue weighted by molar-refractivity contribution is 8.22. The van der Waals surface area contributed by atoms with Crippen molar-refractivity contribution in [2.75, 3.05) is 37.0 Å². The topological polar surface area (TPSA) is 104 Å². The van der Waals surface area contributed by atoms with E-state index in [1.165, 1.54) is 0 Å². The summed E-state index contributed by atoms with van der Waals surface area (Å²) in [5.41, 5.74) is 5.17. The first-order chi connectivity index (χ1) is 23.8. The Hall–Kier alpha value is -3.21. The zero-order chi connectivity index (χ0) is 38.0. The number of allylic oxidation sites excluding steroid dienone is 1. The molecule has 2 N–H and O–H groups in total. The van der Waals surface area contributed by atoms with Crippen LogP contribution in [0.15, 0.2) is 71.0 Å². The van der Waals surface area contributed by atoms with Crippen molar-refractivity contribution in [1.29, 1.82) is 0 Å². The van der Waals surface area contributed by atoms with Crippen LogP contribution in [0.1, 0.15) is 105 Å². The number of anilines is 1. The van der Waals surface area contributed by atoms with Crippen molar-refractivity contribution < 1.29 is 19.4 Å². The number of carbonyl (C=O) groups excluding carboxylic acids is 2. The summed E-state index contributed by atoms with van der Waals surface area (Å²) in [4.78, 5) is 27.8. The fourth-order valence-electron chi connectivity index (χ4n) is 5.39. The summed E-state index contributed by atoms with van der Waals surface area (Å²) in [6.07, 6.45) is 1.97. The third-order valence-electron chi connectivity index (χ3n) is 8.99. The van der Waals surface area contributed by atoms with Crippen LogP contribution in [0.2, 0.25) is 5.31 Å². The first kappa shape index (κ1) is 42.2. The Kier molecular flexibility index (Phi) is 14.9. The maximum Gasteiger partial charge on any atom is 0.251 e. The normalized spacial score (nSPS) is 15.5. The lowest BCUT2D eigenvalue weighted by Crippen LogP contribution is -2.46. The molecule has 0 fully saturated rings. The molecule has 1 radical (unpaired) electrons.